The summed E-state index contributed by atoms with van der Waals surface area (Å²) in [6.07, 6.45) is 3.56. The highest BCUT2D eigenvalue weighted by atomic mass is 35.5. The van der Waals surface area contributed by atoms with Gasteiger partial charge in [-0.1, -0.05) is 0 Å². The van der Waals surface area contributed by atoms with Gasteiger partial charge in [-0.15, -0.1) is 11.6 Å². The summed E-state index contributed by atoms with van der Waals surface area (Å²) in [5, 5.41) is 16.7. The average Bonchev–Trinajstić information content (AvgIpc) is 2.87. The molecule has 0 unspecified atom stereocenters. The van der Waals surface area contributed by atoms with E-state index in [1.165, 1.54) is 6.07 Å². The number of aryl methyl sites for hydroxylation is 1. The van der Waals surface area contributed by atoms with Crippen LogP contribution in [0.3, 0.4) is 0 Å². The molecule has 0 spiro atoms. The molecule has 35 heavy (non-hydrogen) atoms. The van der Waals surface area contributed by atoms with Crippen molar-refractivity contribution in [2.75, 3.05) is 62.4 Å². The van der Waals surface area contributed by atoms with Gasteiger partial charge in [-0.25, -0.2) is 4.98 Å². The number of halogens is 1. The first-order valence-electron chi connectivity index (χ1n) is 11.9. The lowest BCUT2D eigenvalue weighted by Gasteiger charge is -2.35. The molecule has 0 aliphatic carbocycles. The van der Waals surface area contributed by atoms with E-state index in [0.717, 1.165) is 37.3 Å². The molecule has 11 heteroatoms. The van der Waals surface area contributed by atoms with Crippen molar-refractivity contribution in [2.24, 2.45) is 0 Å². The molecule has 2 aliphatic heterocycles. The third kappa shape index (κ3) is 6.12. The molecule has 3 N–H and O–H groups in total. The van der Waals surface area contributed by atoms with Crippen molar-refractivity contribution in [1.82, 2.24) is 25.1 Å². The number of carbonyl (C=O) groups excluding carboxylic acids is 2. The molecule has 0 bridgehead atoms. The fourth-order valence-electron chi connectivity index (χ4n) is 4.39. The van der Waals surface area contributed by atoms with Gasteiger partial charge in [-0.2, -0.15) is 4.98 Å². The first-order chi connectivity index (χ1) is 16.8. The Kier molecular flexibility index (Phi) is 7.92. The molecule has 2 aliphatic rings. The van der Waals surface area contributed by atoms with Crippen LogP contribution in [0.4, 0.5) is 17.5 Å². The Morgan fingerprint density at radius 3 is 2.51 bits per heavy atom. The normalized spacial score (nSPS) is 17.3. The van der Waals surface area contributed by atoms with E-state index < -0.39 is 0 Å². The maximum atomic E-state index is 12.6. The van der Waals surface area contributed by atoms with Gasteiger partial charge in [0.05, 0.1) is 5.69 Å². The number of carbonyl (C=O) groups is 2. The lowest BCUT2D eigenvalue weighted by molar-refractivity contribution is -0.128. The van der Waals surface area contributed by atoms with Crippen molar-refractivity contribution in [3.05, 3.63) is 35.5 Å². The monoisotopic (exact) mass is 501 g/mol. The van der Waals surface area contributed by atoms with Crippen molar-refractivity contribution in [3.63, 3.8) is 0 Å². The molecule has 0 atom stereocenters. The fraction of sp³-hybridized carbons (Fsp3) is 0.500. The fourth-order valence-corrected chi connectivity index (χ4v) is 4.56. The molecule has 2 saturated heterocycles. The Bertz CT molecular complexity index is 1070. The third-order valence-corrected chi connectivity index (χ3v) is 6.78. The number of hydrogen-bond acceptors (Lipinski definition) is 8. The Hall–Kier alpha value is -3.11. The summed E-state index contributed by atoms with van der Waals surface area (Å²) in [6.45, 7) is 6.31. The number of piperidine rings is 1. The Labute approximate surface area is 210 Å². The lowest BCUT2D eigenvalue weighted by Crippen LogP contribution is -2.49. The zero-order valence-corrected chi connectivity index (χ0v) is 20.9. The summed E-state index contributed by atoms with van der Waals surface area (Å²) in [6, 6.07) is 4.93. The average molecular weight is 502 g/mol. The van der Waals surface area contributed by atoms with Gasteiger partial charge < -0.3 is 30.4 Å². The second-order valence-corrected chi connectivity index (χ2v) is 9.38. The van der Waals surface area contributed by atoms with E-state index in [2.05, 4.69) is 37.4 Å². The molecule has 0 radical (unpaired) electrons. The number of phenolic OH excluding ortho intramolecular Hbond substituents is 1. The molecule has 2 amide bonds. The van der Waals surface area contributed by atoms with Gasteiger partial charge in [0.1, 0.15) is 17.4 Å². The highest BCUT2D eigenvalue weighted by Gasteiger charge is 2.23. The van der Waals surface area contributed by atoms with Gasteiger partial charge >= 0.3 is 0 Å². The summed E-state index contributed by atoms with van der Waals surface area (Å²) in [5.74, 6) is 0.787. The number of nitrogens with one attached hydrogen (secondary N) is 2. The summed E-state index contributed by atoms with van der Waals surface area (Å²) >= 11 is 5.67. The number of phenols is 1. The van der Waals surface area contributed by atoms with E-state index in [0.29, 0.717) is 43.4 Å². The number of aromatic nitrogens is 2. The predicted octanol–water partition coefficient (Wildman–Crippen LogP) is 1.95. The van der Waals surface area contributed by atoms with Gasteiger partial charge in [-0.3, -0.25) is 9.59 Å². The first kappa shape index (κ1) is 25.0. The van der Waals surface area contributed by atoms with E-state index in [4.69, 9.17) is 11.6 Å². The molecular formula is C24H32ClN7O3. The van der Waals surface area contributed by atoms with Crippen LogP contribution in [0.2, 0.25) is 0 Å². The highest BCUT2D eigenvalue weighted by molar-refractivity contribution is 6.27. The maximum absolute atomic E-state index is 12.6. The predicted molar refractivity (Wildman–Crippen MR) is 136 cm³/mol. The second-order valence-electron chi connectivity index (χ2n) is 9.11. The van der Waals surface area contributed by atoms with Crippen LogP contribution < -0.4 is 15.5 Å². The number of anilines is 3. The number of benzene rings is 1. The lowest BCUT2D eigenvalue weighted by atomic mass is 10.0. The largest absolute Gasteiger partial charge is 0.506 e. The number of rotatable bonds is 6. The number of piperazine rings is 1. The van der Waals surface area contributed by atoms with Crippen LogP contribution in [0.1, 0.15) is 28.8 Å². The molecule has 2 fully saturated rings. The first-order valence-corrected chi connectivity index (χ1v) is 12.4. The quantitative estimate of drug-likeness (QED) is 0.406. The van der Waals surface area contributed by atoms with Crippen molar-refractivity contribution in [1.29, 1.82) is 0 Å². The SMILES string of the molecule is Cc1cnc(Nc2ccc(C(=O)NC3CCN(C)CC3)cc2O)nc1N1CCN(C(=O)CCl)CC1. The Morgan fingerprint density at radius 1 is 1.14 bits per heavy atom. The smallest absolute Gasteiger partial charge is 0.251 e. The molecule has 188 valence electrons. The Balaban J connectivity index is 1.40. The van der Waals surface area contributed by atoms with Crippen LogP contribution >= 0.6 is 11.6 Å². The van der Waals surface area contributed by atoms with E-state index in [1.54, 1.807) is 23.2 Å². The standard InChI is InChI=1S/C24H32ClN7O3/c1-16-15-26-24(29-22(16)32-11-9-31(10-12-32)21(34)14-25)28-19-4-3-17(13-20(19)33)23(35)27-18-5-7-30(2)8-6-18/h3-4,13,15,18,33H,5-12,14H2,1-2H3,(H,27,35)(H,26,28,29). The van der Waals surface area contributed by atoms with Gasteiger partial charge in [0.25, 0.3) is 5.91 Å². The number of alkyl halides is 1. The molecule has 3 heterocycles. The molecule has 1 aromatic heterocycles. The third-order valence-electron chi connectivity index (χ3n) is 6.55. The van der Waals surface area contributed by atoms with Gasteiger partial charge in [-0.05, 0) is 58.1 Å². The van der Waals surface area contributed by atoms with Crippen LogP contribution in [-0.2, 0) is 4.79 Å². The molecule has 2 aromatic rings. The molecule has 4 rings (SSSR count). The van der Waals surface area contributed by atoms with Crippen molar-refractivity contribution >= 4 is 40.9 Å². The van der Waals surface area contributed by atoms with E-state index in [1.807, 2.05) is 6.92 Å². The Morgan fingerprint density at radius 2 is 1.86 bits per heavy atom. The van der Waals surface area contributed by atoms with Crippen molar-refractivity contribution in [3.8, 4) is 5.75 Å². The number of likely N-dealkylation sites (tertiary alicyclic amines) is 1. The number of amides is 2. The zero-order valence-electron chi connectivity index (χ0n) is 20.1. The molecule has 1 aromatic carbocycles. The maximum Gasteiger partial charge on any atom is 0.251 e. The van der Waals surface area contributed by atoms with Crippen LogP contribution in [-0.4, -0.2) is 94.9 Å². The van der Waals surface area contributed by atoms with Crippen LogP contribution in [0.25, 0.3) is 0 Å². The van der Waals surface area contributed by atoms with Gasteiger partial charge in [0.15, 0.2) is 0 Å². The summed E-state index contributed by atoms with van der Waals surface area (Å²) in [5.41, 5.74) is 1.73. The molecule has 10 nitrogen and oxygen atoms in total. The van der Waals surface area contributed by atoms with E-state index >= 15 is 0 Å². The topological polar surface area (TPSA) is 114 Å². The summed E-state index contributed by atoms with van der Waals surface area (Å²) < 4.78 is 0. The molecule has 0 saturated carbocycles. The van der Waals surface area contributed by atoms with Crippen LogP contribution in [0, 0.1) is 6.92 Å². The minimum Gasteiger partial charge on any atom is -0.506 e. The minimum absolute atomic E-state index is 0.0112. The zero-order chi connectivity index (χ0) is 24.9. The number of hydrogen-bond donors (Lipinski definition) is 3. The molecular weight excluding hydrogens is 470 g/mol. The van der Waals surface area contributed by atoms with Crippen molar-refractivity contribution in [2.45, 2.75) is 25.8 Å². The second kappa shape index (κ2) is 11.1. The number of aromatic hydroxyl groups is 1. The van der Waals surface area contributed by atoms with Gasteiger partial charge in [0.2, 0.25) is 11.9 Å². The summed E-state index contributed by atoms with van der Waals surface area (Å²) in [7, 11) is 2.08. The van der Waals surface area contributed by atoms with E-state index in [9.17, 15) is 14.7 Å². The van der Waals surface area contributed by atoms with E-state index in [-0.39, 0.29) is 29.5 Å². The number of nitrogens with zero attached hydrogens (tertiary/aromatic N) is 5. The minimum atomic E-state index is -0.193. The van der Waals surface area contributed by atoms with Gasteiger partial charge in [0, 0.05) is 49.5 Å². The van der Waals surface area contributed by atoms with Crippen LogP contribution in [0.5, 0.6) is 5.75 Å². The summed E-state index contributed by atoms with van der Waals surface area (Å²) in [4.78, 5) is 39.6. The van der Waals surface area contributed by atoms with Crippen LogP contribution in [0.15, 0.2) is 24.4 Å². The highest BCUT2D eigenvalue weighted by Crippen LogP contribution is 2.28. The van der Waals surface area contributed by atoms with Crippen molar-refractivity contribution < 1.29 is 14.7 Å².